The number of carbonyl (C=O) groups is 1. The molecule has 1 saturated heterocycles. The Hall–Kier alpha value is -2.80. The number of amides is 1. The minimum Gasteiger partial charge on any atom is -0.356 e. The number of fused-ring (bicyclic) bond motifs is 1. The van der Waals surface area contributed by atoms with Crippen molar-refractivity contribution in [1.29, 1.82) is 0 Å². The van der Waals surface area contributed by atoms with Crippen LogP contribution in [0.25, 0.3) is 5.65 Å². The van der Waals surface area contributed by atoms with Gasteiger partial charge in [0, 0.05) is 49.4 Å². The number of aromatic nitrogens is 4. The average molecular weight is 421 g/mol. The van der Waals surface area contributed by atoms with Gasteiger partial charge in [0.05, 0.1) is 11.7 Å². The van der Waals surface area contributed by atoms with Crippen molar-refractivity contribution >= 4 is 11.6 Å². The van der Waals surface area contributed by atoms with Gasteiger partial charge in [0.25, 0.3) is 0 Å². The molecule has 0 radical (unpaired) electrons. The molecule has 31 heavy (non-hydrogen) atoms. The van der Waals surface area contributed by atoms with E-state index in [1.807, 2.05) is 29.9 Å². The lowest BCUT2D eigenvalue weighted by Crippen LogP contribution is -2.24. The van der Waals surface area contributed by atoms with Crippen molar-refractivity contribution in [2.45, 2.75) is 65.5 Å². The zero-order chi connectivity index (χ0) is 21.8. The Morgan fingerprint density at radius 2 is 2.19 bits per heavy atom. The van der Waals surface area contributed by atoms with Crippen molar-refractivity contribution in [2.75, 3.05) is 13.1 Å². The average Bonchev–Trinajstić information content (AvgIpc) is 3.39. The number of aryl methyl sites for hydroxylation is 2. The third-order valence-corrected chi connectivity index (χ3v) is 6.17. The van der Waals surface area contributed by atoms with Gasteiger partial charge in [-0.3, -0.25) is 14.7 Å². The van der Waals surface area contributed by atoms with Crippen molar-refractivity contribution in [2.24, 2.45) is 0 Å². The SMILES string of the molecule is CCCNC(=O)CCc1c(C)nc2cc([C@H]3CCCN3Cc3cccnc3)nn2c1C. The number of likely N-dealkylation sites (tertiary alicyclic amines) is 1. The molecule has 7 heteroatoms. The second-order valence-corrected chi connectivity index (χ2v) is 8.44. The summed E-state index contributed by atoms with van der Waals surface area (Å²) in [4.78, 5) is 23.6. The highest BCUT2D eigenvalue weighted by molar-refractivity contribution is 5.76. The summed E-state index contributed by atoms with van der Waals surface area (Å²) in [6.45, 7) is 8.85. The molecule has 1 amide bonds. The summed E-state index contributed by atoms with van der Waals surface area (Å²) in [6.07, 6.45) is 8.14. The number of hydrogen-bond donors (Lipinski definition) is 1. The van der Waals surface area contributed by atoms with Crippen LogP contribution in [0.15, 0.2) is 30.6 Å². The van der Waals surface area contributed by atoms with E-state index in [0.717, 1.165) is 60.8 Å². The van der Waals surface area contributed by atoms with Gasteiger partial charge in [-0.05, 0) is 63.3 Å². The number of pyridine rings is 1. The van der Waals surface area contributed by atoms with E-state index in [4.69, 9.17) is 10.1 Å². The summed E-state index contributed by atoms with van der Waals surface area (Å²) < 4.78 is 1.96. The van der Waals surface area contributed by atoms with E-state index in [2.05, 4.69) is 41.2 Å². The van der Waals surface area contributed by atoms with Crippen LogP contribution >= 0.6 is 0 Å². The summed E-state index contributed by atoms with van der Waals surface area (Å²) >= 11 is 0. The first kappa shape index (κ1) is 21.4. The van der Waals surface area contributed by atoms with Crippen LogP contribution < -0.4 is 5.32 Å². The van der Waals surface area contributed by atoms with Crippen LogP contribution in [-0.4, -0.2) is 43.5 Å². The zero-order valence-corrected chi connectivity index (χ0v) is 18.8. The van der Waals surface area contributed by atoms with Gasteiger partial charge >= 0.3 is 0 Å². The molecule has 4 heterocycles. The highest BCUT2D eigenvalue weighted by atomic mass is 16.1. The Morgan fingerprint density at radius 1 is 1.32 bits per heavy atom. The first-order chi connectivity index (χ1) is 15.1. The van der Waals surface area contributed by atoms with Crippen molar-refractivity contribution < 1.29 is 4.79 Å². The second-order valence-electron chi connectivity index (χ2n) is 8.44. The molecule has 1 fully saturated rings. The molecule has 3 aromatic heterocycles. The summed E-state index contributed by atoms with van der Waals surface area (Å²) in [5.41, 5.74) is 6.37. The Kier molecular flexibility index (Phi) is 6.61. The van der Waals surface area contributed by atoms with Crippen LogP contribution in [-0.2, 0) is 17.8 Å². The van der Waals surface area contributed by atoms with Gasteiger partial charge < -0.3 is 5.32 Å². The normalized spacial score (nSPS) is 16.8. The van der Waals surface area contributed by atoms with Crippen LogP contribution in [0.3, 0.4) is 0 Å². The van der Waals surface area contributed by atoms with E-state index < -0.39 is 0 Å². The maximum atomic E-state index is 12.1. The van der Waals surface area contributed by atoms with E-state index in [1.165, 1.54) is 12.0 Å². The highest BCUT2D eigenvalue weighted by Crippen LogP contribution is 2.33. The molecule has 0 aromatic carbocycles. The fourth-order valence-electron chi connectivity index (χ4n) is 4.54. The predicted octanol–water partition coefficient (Wildman–Crippen LogP) is 3.54. The molecule has 0 aliphatic carbocycles. The van der Waals surface area contributed by atoms with Crippen LogP contribution in [0.1, 0.15) is 66.9 Å². The van der Waals surface area contributed by atoms with E-state index >= 15 is 0 Å². The monoisotopic (exact) mass is 420 g/mol. The number of nitrogens with one attached hydrogen (secondary N) is 1. The summed E-state index contributed by atoms with van der Waals surface area (Å²) in [5, 5.41) is 7.91. The molecule has 3 aromatic rings. The Balaban J connectivity index is 1.55. The zero-order valence-electron chi connectivity index (χ0n) is 18.8. The molecule has 7 nitrogen and oxygen atoms in total. The minimum absolute atomic E-state index is 0.0962. The van der Waals surface area contributed by atoms with Crippen molar-refractivity contribution in [3.05, 3.63) is 58.8 Å². The number of carbonyl (C=O) groups excluding carboxylic acids is 1. The van der Waals surface area contributed by atoms with Gasteiger partial charge in [0.2, 0.25) is 5.91 Å². The number of hydrogen-bond acceptors (Lipinski definition) is 5. The van der Waals surface area contributed by atoms with Crippen molar-refractivity contribution in [3.8, 4) is 0 Å². The quantitative estimate of drug-likeness (QED) is 0.603. The van der Waals surface area contributed by atoms with E-state index in [9.17, 15) is 4.79 Å². The van der Waals surface area contributed by atoms with Crippen molar-refractivity contribution in [1.82, 2.24) is 29.8 Å². The Labute approximate surface area is 183 Å². The van der Waals surface area contributed by atoms with E-state index in [1.54, 1.807) is 0 Å². The molecular formula is C24H32N6O. The number of rotatable bonds is 8. The molecular weight excluding hydrogens is 388 g/mol. The maximum Gasteiger partial charge on any atom is 0.220 e. The van der Waals surface area contributed by atoms with Crippen LogP contribution in [0, 0.1) is 13.8 Å². The first-order valence-corrected chi connectivity index (χ1v) is 11.3. The summed E-state index contributed by atoms with van der Waals surface area (Å²) in [6, 6.07) is 6.55. The van der Waals surface area contributed by atoms with Crippen LogP contribution in [0.2, 0.25) is 0 Å². The third-order valence-electron chi connectivity index (χ3n) is 6.17. The lowest BCUT2D eigenvalue weighted by molar-refractivity contribution is -0.121. The van der Waals surface area contributed by atoms with Gasteiger partial charge in [-0.25, -0.2) is 9.50 Å². The molecule has 1 aliphatic heterocycles. The largest absolute Gasteiger partial charge is 0.356 e. The Bertz CT molecular complexity index is 1050. The van der Waals surface area contributed by atoms with Crippen LogP contribution in [0.5, 0.6) is 0 Å². The lowest BCUT2D eigenvalue weighted by atomic mass is 10.1. The number of nitrogens with zero attached hydrogens (tertiary/aromatic N) is 5. The summed E-state index contributed by atoms with van der Waals surface area (Å²) in [7, 11) is 0. The van der Waals surface area contributed by atoms with Gasteiger partial charge in [-0.2, -0.15) is 5.10 Å². The van der Waals surface area contributed by atoms with Gasteiger partial charge in [0.1, 0.15) is 0 Å². The summed E-state index contributed by atoms with van der Waals surface area (Å²) in [5.74, 6) is 0.0962. The fourth-order valence-corrected chi connectivity index (χ4v) is 4.54. The fraction of sp³-hybridized carbons (Fsp3) is 0.500. The second kappa shape index (κ2) is 9.56. The molecule has 0 saturated carbocycles. The standard InChI is InChI=1S/C24H32N6O/c1-4-11-26-24(31)10-9-20-17(2)27-23-14-21(28-30(23)18(20)3)22-8-6-13-29(22)16-19-7-5-12-25-15-19/h5,7,12,14-15,22H,4,6,8-11,13,16H2,1-3H3,(H,26,31)/t22-/m1/s1. The molecule has 0 unspecified atom stereocenters. The Morgan fingerprint density at radius 3 is 2.97 bits per heavy atom. The molecule has 4 rings (SSSR count). The lowest BCUT2D eigenvalue weighted by Gasteiger charge is -2.22. The van der Waals surface area contributed by atoms with Gasteiger partial charge in [-0.15, -0.1) is 0 Å². The van der Waals surface area contributed by atoms with E-state index in [0.29, 0.717) is 18.9 Å². The maximum absolute atomic E-state index is 12.1. The minimum atomic E-state index is 0.0962. The van der Waals surface area contributed by atoms with Crippen molar-refractivity contribution in [3.63, 3.8) is 0 Å². The first-order valence-electron chi connectivity index (χ1n) is 11.3. The molecule has 1 atom stereocenters. The predicted molar refractivity (Wildman–Crippen MR) is 121 cm³/mol. The molecule has 0 bridgehead atoms. The molecule has 0 spiro atoms. The molecule has 164 valence electrons. The molecule has 1 aliphatic rings. The van der Waals surface area contributed by atoms with Gasteiger partial charge in [-0.1, -0.05) is 13.0 Å². The topological polar surface area (TPSA) is 75.4 Å². The van der Waals surface area contributed by atoms with Gasteiger partial charge in [0.15, 0.2) is 5.65 Å². The molecule has 1 N–H and O–H groups in total. The highest BCUT2D eigenvalue weighted by Gasteiger charge is 2.29. The smallest absolute Gasteiger partial charge is 0.220 e. The van der Waals surface area contributed by atoms with Crippen LogP contribution in [0.4, 0.5) is 0 Å². The van der Waals surface area contributed by atoms with E-state index in [-0.39, 0.29) is 5.91 Å². The third kappa shape index (κ3) is 4.77.